The Kier molecular flexibility index (Phi) is 5.46. The van der Waals surface area contributed by atoms with Crippen molar-refractivity contribution in [2.75, 3.05) is 7.11 Å². The predicted molar refractivity (Wildman–Crippen MR) is 113 cm³/mol. The van der Waals surface area contributed by atoms with Crippen LogP contribution in [0.15, 0.2) is 41.3 Å². The Labute approximate surface area is 174 Å². The number of carbonyl (C=O) groups excluding carboxylic acids is 2. The summed E-state index contributed by atoms with van der Waals surface area (Å²) in [6, 6.07) is 8.74. The number of ketones is 1. The molecule has 2 aromatic rings. The highest BCUT2D eigenvalue weighted by atomic mass is 32.1. The van der Waals surface area contributed by atoms with E-state index >= 15 is 0 Å². The molecule has 6 heteroatoms. The van der Waals surface area contributed by atoms with Crippen molar-refractivity contribution in [1.82, 2.24) is 4.90 Å². The molecular formula is C23H25NO4S. The summed E-state index contributed by atoms with van der Waals surface area (Å²) < 4.78 is 5.41. The zero-order valence-corrected chi connectivity index (χ0v) is 17.5. The Balaban J connectivity index is 1.89. The summed E-state index contributed by atoms with van der Waals surface area (Å²) in [4.78, 5) is 28.8. The molecule has 1 unspecified atom stereocenters. The first kappa shape index (κ1) is 19.7. The third-order valence-electron chi connectivity index (χ3n) is 5.87. The smallest absolute Gasteiger partial charge is 0.295 e. The lowest BCUT2D eigenvalue weighted by Gasteiger charge is -2.34. The van der Waals surface area contributed by atoms with E-state index in [-0.39, 0.29) is 17.4 Å². The van der Waals surface area contributed by atoms with E-state index in [9.17, 15) is 14.7 Å². The van der Waals surface area contributed by atoms with Gasteiger partial charge in [-0.3, -0.25) is 9.59 Å². The van der Waals surface area contributed by atoms with Gasteiger partial charge in [0.2, 0.25) is 0 Å². The topological polar surface area (TPSA) is 66.8 Å². The summed E-state index contributed by atoms with van der Waals surface area (Å²) in [7, 11) is 1.53. The largest absolute Gasteiger partial charge is 0.507 e. The number of hydrogen-bond donors (Lipinski definition) is 1. The van der Waals surface area contributed by atoms with Gasteiger partial charge in [0.15, 0.2) is 0 Å². The second kappa shape index (κ2) is 8.03. The van der Waals surface area contributed by atoms with Crippen LogP contribution < -0.4 is 4.74 Å². The van der Waals surface area contributed by atoms with Gasteiger partial charge in [0.05, 0.1) is 24.3 Å². The minimum absolute atomic E-state index is 0.0250. The zero-order valence-electron chi connectivity index (χ0n) is 16.7. The van der Waals surface area contributed by atoms with Gasteiger partial charge in [0.1, 0.15) is 11.5 Å². The van der Waals surface area contributed by atoms with Crippen LogP contribution in [0.5, 0.6) is 5.75 Å². The van der Waals surface area contributed by atoms with Crippen molar-refractivity contribution < 1.29 is 19.4 Å². The van der Waals surface area contributed by atoms with Crippen LogP contribution in [0.4, 0.5) is 0 Å². The number of amides is 1. The highest BCUT2D eigenvalue weighted by Gasteiger charge is 2.49. The van der Waals surface area contributed by atoms with Crippen molar-refractivity contribution in [3.8, 4) is 5.75 Å². The lowest BCUT2D eigenvalue weighted by molar-refractivity contribution is -0.141. The van der Waals surface area contributed by atoms with Crippen LogP contribution in [0.2, 0.25) is 0 Å². The molecule has 1 N–H and O–H groups in total. The van der Waals surface area contributed by atoms with Crippen molar-refractivity contribution in [2.45, 2.75) is 51.1 Å². The number of ether oxygens (including phenoxy) is 1. The van der Waals surface area contributed by atoms with Gasteiger partial charge >= 0.3 is 0 Å². The van der Waals surface area contributed by atoms with E-state index in [4.69, 9.17) is 4.74 Å². The van der Waals surface area contributed by atoms with Crippen LogP contribution in [0, 0.1) is 6.92 Å². The van der Waals surface area contributed by atoms with E-state index in [1.54, 1.807) is 17.0 Å². The summed E-state index contributed by atoms with van der Waals surface area (Å²) in [5.41, 5.74) is 1.53. The van der Waals surface area contributed by atoms with Crippen LogP contribution in [-0.2, 0) is 9.59 Å². The van der Waals surface area contributed by atoms with Gasteiger partial charge in [-0.2, -0.15) is 0 Å². The quantitative estimate of drug-likeness (QED) is 0.445. The Hall–Kier alpha value is -2.60. The number of hydrogen-bond acceptors (Lipinski definition) is 5. The van der Waals surface area contributed by atoms with Gasteiger partial charge in [-0.25, -0.2) is 0 Å². The van der Waals surface area contributed by atoms with Crippen molar-refractivity contribution >= 4 is 28.8 Å². The molecule has 1 saturated carbocycles. The van der Waals surface area contributed by atoms with Gasteiger partial charge in [0, 0.05) is 10.9 Å². The Morgan fingerprint density at radius 3 is 2.59 bits per heavy atom. The summed E-state index contributed by atoms with van der Waals surface area (Å²) in [5, 5.41) is 13.2. The predicted octanol–water partition coefficient (Wildman–Crippen LogP) is 4.82. The number of aliphatic hydroxyl groups excluding tert-OH is 1. The zero-order chi connectivity index (χ0) is 20.5. The minimum Gasteiger partial charge on any atom is -0.507 e. The molecule has 0 spiro atoms. The first-order chi connectivity index (χ1) is 14.0. The number of Topliss-reactive ketones (excluding diaryl/α,β-unsaturated/α-hetero) is 1. The highest BCUT2D eigenvalue weighted by molar-refractivity contribution is 7.10. The molecule has 1 aromatic carbocycles. The number of aryl methyl sites for hydroxylation is 1. The molecule has 1 aromatic heterocycles. The van der Waals surface area contributed by atoms with E-state index in [0.717, 1.165) is 42.5 Å². The van der Waals surface area contributed by atoms with Gasteiger partial charge < -0.3 is 14.7 Å². The van der Waals surface area contributed by atoms with Crippen LogP contribution in [0.25, 0.3) is 5.76 Å². The number of benzene rings is 1. The summed E-state index contributed by atoms with van der Waals surface area (Å²) in [6.45, 7) is 1.91. The molecule has 2 fully saturated rings. The number of carbonyl (C=O) groups is 2. The molecule has 1 aliphatic heterocycles. The molecule has 2 heterocycles. The van der Waals surface area contributed by atoms with E-state index < -0.39 is 17.7 Å². The number of likely N-dealkylation sites (tertiary alicyclic amines) is 1. The molecule has 0 radical (unpaired) electrons. The van der Waals surface area contributed by atoms with Gasteiger partial charge in [-0.05, 0) is 43.3 Å². The molecule has 1 amide bonds. The molecule has 4 rings (SSSR count). The van der Waals surface area contributed by atoms with Gasteiger partial charge in [0.25, 0.3) is 11.7 Å². The normalized spacial score (nSPS) is 22.3. The fraction of sp³-hybridized carbons (Fsp3) is 0.391. The molecule has 152 valence electrons. The Morgan fingerprint density at radius 1 is 1.17 bits per heavy atom. The maximum Gasteiger partial charge on any atom is 0.295 e. The lowest BCUT2D eigenvalue weighted by Crippen LogP contribution is -2.40. The number of methoxy groups -OCH3 is 1. The van der Waals surface area contributed by atoms with E-state index in [2.05, 4.69) is 0 Å². The van der Waals surface area contributed by atoms with E-state index in [1.807, 2.05) is 30.5 Å². The van der Waals surface area contributed by atoms with Crippen molar-refractivity contribution in [3.05, 3.63) is 57.3 Å². The Bertz CT molecular complexity index is 957. The maximum atomic E-state index is 13.1. The maximum absolute atomic E-state index is 13.1. The van der Waals surface area contributed by atoms with Crippen LogP contribution in [-0.4, -0.2) is 34.8 Å². The molecule has 1 saturated heterocycles. The third-order valence-corrected chi connectivity index (χ3v) is 6.80. The Morgan fingerprint density at radius 2 is 1.93 bits per heavy atom. The summed E-state index contributed by atoms with van der Waals surface area (Å²) in [6.07, 6.45) is 5.04. The molecular weight excluding hydrogens is 386 g/mol. The molecule has 1 aliphatic carbocycles. The summed E-state index contributed by atoms with van der Waals surface area (Å²) in [5.74, 6) is -0.819. The number of thiophene rings is 1. The molecule has 29 heavy (non-hydrogen) atoms. The highest BCUT2D eigenvalue weighted by Crippen LogP contribution is 2.45. The first-order valence-corrected chi connectivity index (χ1v) is 10.9. The van der Waals surface area contributed by atoms with E-state index in [1.165, 1.54) is 18.4 Å². The van der Waals surface area contributed by atoms with Crippen LogP contribution in [0.3, 0.4) is 0 Å². The number of nitrogens with zero attached hydrogens (tertiary/aromatic N) is 1. The fourth-order valence-electron chi connectivity index (χ4n) is 4.46. The fourth-order valence-corrected chi connectivity index (χ4v) is 5.30. The first-order valence-electron chi connectivity index (χ1n) is 10.0. The average molecular weight is 412 g/mol. The molecule has 5 nitrogen and oxygen atoms in total. The number of rotatable bonds is 4. The average Bonchev–Trinajstić information content (AvgIpc) is 3.35. The van der Waals surface area contributed by atoms with Crippen LogP contribution >= 0.6 is 11.3 Å². The monoisotopic (exact) mass is 411 g/mol. The third kappa shape index (κ3) is 3.46. The van der Waals surface area contributed by atoms with Gasteiger partial charge in [-0.1, -0.05) is 37.0 Å². The van der Waals surface area contributed by atoms with Crippen LogP contribution in [0.1, 0.15) is 54.1 Å². The van der Waals surface area contributed by atoms with Crippen molar-refractivity contribution in [3.63, 3.8) is 0 Å². The van der Waals surface area contributed by atoms with Crippen molar-refractivity contribution in [1.29, 1.82) is 0 Å². The van der Waals surface area contributed by atoms with Crippen molar-refractivity contribution in [2.24, 2.45) is 0 Å². The van der Waals surface area contributed by atoms with Gasteiger partial charge in [-0.15, -0.1) is 11.3 Å². The lowest BCUT2D eigenvalue weighted by atomic mass is 9.92. The standard InChI is InChI=1S/C23H25NO4S/c1-14-10-11-17(28-2)16(13-14)21(25)19-20(18-9-6-12-29-18)24(23(27)22(19)26)15-7-4-3-5-8-15/h6,9-13,15,20,25H,3-5,7-8H2,1-2H3/b21-19-. The molecule has 1 atom stereocenters. The second-order valence-electron chi connectivity index (χ2n) is 7.72. The summed E-state index contributed by atoms with van der Waals surface area (Å²) >= 11 is 1.50. The second-order valence-corrected chi connectivity index (χ2v) is 8.70. The van der Waals surface area contributed by atoms with E-state index in [0.29, 0.717) is 11.3 Å². The molecule has 2 aliphatic rings. The SMILES string of the molecule is COc1ccc(C)cc1/C(O)=C1/C(=O)C(=O)N(C2CCCCC2)C1c1cccs1. The molecule has 0 bridgehead atoms. The minimum atomic E-state index is -0.616. The number of aliphatic hydroxyl groups is 1.